The van der Waals surface area contributed by atoms with E-state index in [0.29, 0.717) is 28.9 Å². The number of fused-ring (bicyclic) bond motifs is 3. The number of nitrogens with zero attached hydrogens (tertiary/aromatic N) is 1. The molecule has 1 fully saturated rings. The van der Waals surface area contributed by atoms with Crippen LogP contribution >= 0.6 is 0 Å². The summed E-state index contributed by atoms with van der Waals surface area (Å²) in [5.41, 5.74) is 2.46. The van der Waals surface area contributed by atoms with E-state index in [2.05, 4.69) is 0 Å². The second kappa shape index (κ2) is 8.66. The summed E-state index contributed by atoms with van der Waals surface area (Å²) in [6.07, 6.45) is 4.15. The van der Waals surface area contributed by atoms with Gasteiger partial charge in [-0.2, -0.15) is 0 Å². The molecule has 0 radical (unpaired) electrons. The average molecular weight is 490 g/mol. The Morgan fingerprint density at radius 2 is 1.72 bits per heavy atom. The smallest absolute Gasteiger partial charge is 0.234 e. The quantitative estimate of drug-likeness (QED) is 0.396. The van der Waals surface area contributed by atoms with Gasteiger partial charge >= 0.3 is 0 Å². The molecule has 7 nitrogen and oxygen atoms in total. The number of allylic oxidation sites excluding steroid dienone is 6. The largest absolute Gasteiger partial charge is 0.491 e. The summed E-state index contributed by atoms with van der Waals surface area (Å²) in [5.74, 6) is -1.90. The number of rotatable bonds is 4. The zero-order valence-corrected chi connectivity index (χ0v) is 21.0. The molecule has 0 unspecified atom stereocenters. The summed E-state index contributed by atoms with van der Waals surface area (Å²) in [6, 6.07) is 7.29. The minimum atomic E-state index is -0.634. The molecule has 1 aliphatic heterocycles. The predicted molar refractivity (Wildman–Crippen MR) is 132 cm³/mol. The molecule has 1 aromatic carbocycles. The van der Waals surface area contributed by atoms with Crippen LogP contribution in [0.5, 0.6) is 5.75 Å². The van der Waals surface area contributed by atoms with Gasteiger partial charge in [-0.05, 0) is 70.2 Å². The van der Waals surface area contributed by atoms with Crippen molar-refractivity contribution in [3.8, 4) is 5.75 Å². The van der Waals surface area contributed by atoms with Gasteiger partial charge in [0.15, 0.2) is 11.6 Å². The van der Waals surface area contributed by atoms with E-state index in [1.807, 2.05) is 39.0 Å². The lowest BCUT2D eigenvalue weighted by Crippen LogP contribution is -2.46. The van der Waals surface area contributed by atoms with Gasteiger partial charge in [-0.15, -0.1) is 0 Å². The van der Waals surface area contributed by atoms with Crippen LogP contribution in [-0.4, -0.2) is 52.1 Å². The van der Waals surface area contributed by atoms with Crippen LogP contribution in [0.1, 0.15) is 52.0 Å². The Balaban J connectivity index is 1.62. The fourth-order valence-corrected chi connectivity index (χ4v) is 6.34. The first kappa shape index (κ1) is 24.4. The van der Waals surface area contributed by atoms with Crippen LogP contribution < -0.4 is 4.74 Å². The predicted octanol–water partition coefficient (Wildman–Crippen LogP) is 3.29. The van der Waals surface area contributed by atoms with Crippen molar-refractivity contribution in [1.29, 1.82) is 0 Å². The van der Waals surface area contributed by atoms with E-state index in [-0.39, 0.29) is 48.9 Å². The fraction of sp³-hybridized carbons (Fsp3) is 0.448. The first-order chi connectivity index (χ1) is 17.0. The third kappa shape index (κ3) is 3.68. The Kier molecular flexibility index (Phi) is 5.86. The van der Waals surface area contributed by atoms with Crippen molar-refractivity contribution in [2.45, 2.75) is 52.0 Å². The standard InChI is InChI=1S/C29H31NO6/c1-15-13-22(32)25-21(26(15)33)14-20-18(23(25)16-5-7-17(8-6-16)36-12-11-31)9-10-19-24(20)28(35)30(27(19)34)29(2,3)4/h5-9,13,19-20,23-24,31H,10-12,14H2,1-4H3/t19-,20+,23-,24-/m0/s1. The van der Waals surface area contributed by atoms with E-state index >= 15 is 0 Å². The third-order valence-electron chi connectivity index (χ3n) is 7.81. The van der Waals surface area contributed by atoms with Crippen molar-refractivity contribution in [1.82, 2.24) is 4.90 Å². The maximum Gasteiger partial charge on any atom is 0.234 e. The number of ether oxygens (including phenoxy) is 1. The molecular formula is C29H31NO6. The lowest BCUT2D eigenvalue weighted by molar-refractivity contribution is -0.145. The number of likely N-dealkylation sites (tertiary alicyclic amines) is 1. The number of benzene rings is 1. The normalized spacial score (nSPS) is 28.0. The molecule has 2 amide bonds. The summed E-state index contributed by atoms with van der Waals surface area (Å²) >= 11 is 0. The maximum absolute atomic E-state index is 13.7. The summed E-state index contributed by atoms with van der Waals surface area (Å²) in [6.45, 7) is 7.29. The van der Waals surface area contributed by atoms with Crippen molar-refractivity contribution in [2.75, 3.05) is 13.2 Å². The molecule has 0 bridgehead atoms. The van der Waals surface area contributed by atoms with Crippen molar-refractivity contribution < 1.29 is 29.0 Å². The van der Waals surface area contributed by atoms with Gasteiger partial charge in [0, 0.05) is 28.2 Å². The second-order valence-corrected chi connectivity index (χ2v) is 11.1. The van der Waals surface area contributed by atoms with Gasteiger partial charge in [0.2, 0.25) is 11.8 Å². The van der Waals surface area contributed by atoms with Crippen molar-refractivity contribution in [3.05, 3.63) is 64.3 Å². The van der Waals surface area contributed by atoms with E-state index in [1.54, 1.807) is 19.1 Å². The summed E-state index contributed by atoms with van der Waals surface area (Å²) in [4.78, 5) is 54.9. The molecule has 0 saturated carbocycles. The van der Waals surface area contributed by atoms with Gasteiger partial charge in [0.1, 0.15) is 12.4 Å². The summed E-state index contributed by atoms with van der Waals surface area (Å²) in [5, 5.41) is 9.04. The Hall–Kier alpha value is -3.32. The topological polar surface area (TPSA) is 101 Å². The van der Waals surface area contributed by atoms with Crippen LogP contribution in [0.2, 0.25) is 0 Å². The molecular weight excluding hydrogens is 458 g/mol. The molecule has 1 N–H and O–H groups in total. The van der Waals surface area contributed by atoms with Crippen molar-refractivity contribution in [2.24, 2.45) is 17.8 Å². The molecule has 36 heavy (non-hydrogen) atoms. The minimum Gasteiger partial charge on any atom is -0.491 e. The molecule has 4 aliphatic rings. The Morgan fingerprint density at radius 1 is 1.03 bits per heavy atom. The monoisotopic (exact) mass is 489 g/mol. The highest BCUT2D eigenvalue weighted by atomic mass is 16.5. The number of aliphatic hydroxyl groups excluding tert-OH is 1. The van der Waals surface area contributed by atoms with E-state index in [9.17, 15) is 19.2 Å². The highest BCUT2D eigenvalue weighted by Crippen LogP contribution is 2.55. The Bertz CT molecular complexity index is 1260. The Labute approximate surface area is 210 Å². The SMILES string of the molecule is CC1=CC(=O)C2=C(C[C@@H]3C(=CC[C@@H]4C(=O)N(C(C)(C)C)C(=O)[C@@H]43)[C@@H]2c2ccc(OCCO)cc2)C1=O. The first-order valence-corrected chi connectivity index (χ1v) is 12.5. The number of carbonyl (C=O) groups excluding carboxylic acids is 4. The first-order valence-electron chi connectivity index (χ1n) is 12.5. The highest BCUT2D eigenvalue weighted by molar-refractivity contribution is 6.23. The lowest BCUT2D eigenvalue weighted by atomic mass is 9.59. The minimum absolute atomic E-state index is 0.0988. The van der Waals surface area contributed by atoms with Gasteiger partial charge in [-0.1, -0.05) is 23.8 Å². The Morgan fingerprint density at radius 3 is 2.36 bits per heavy atom. The van der Waals surface area contributed by atoms with Gasteiger partial charge in [-0.3, -0.25) is 24.1 Å². The van der Waals surface area contributed by atoms with Crippen LogP contribution in [-0.2, 0) is 19.2 Å². The number of imide groups is 1. The fourth-order valence-electron chi connectivity index (χ4n) is 6.34. The van der Waals surface area contributed by atoms with Crippen LogP contribution in [0.25, 0.3) is 0 Å². The van der Waals surface area contributed by atoms with E-state index in [4.69, 9.17) is 9.84 Å². The molecule has 0 aromatic heterocycles. The van der Waals surface area contributed by atoms with Gasteiger partial charge in [0.25, 0.3) is 0 Å². The molecule has 7 heteroatoms. The van der Waals surface area contributed by atoms with Crippen molar-refractivity contribution in [3.63, 3.8) is 0 Å². The molecule has 1 aromatic rings. The number of aliphatic hydroxyl groups is 1. The number of hydrogen-bond donors (Lipinski definition) is 1. The molecule has 1 saturated heterocycles. The summed E-state index contributed by atoms with van der Waals surface area (Å²) in [7, 11) is 0. The van der Waals surface area contributed by atoms with Gasteiger partial charge in [0.05, 0.1) is 18.4 Å². The highest BCUT2D eigenvalue weighted by Gasteiger charge is 2.58. The number of amides is 2. The summed E-state index contributed by atoms with van der Waals surface area (Å²) < 4.78 is 5.49. The van der Waals surface area contributed by atoms with Crippen LogP contribution in [0.3, 0.4) is 0 Å². The molecule has 0 spiro atoms. The lowest BCUT2D eigenvalue weighted by Gasteiger charge is -2.42. The van der Waals surface area contributed by atoms with E-state index < -0.39 is 23.3 Å². The van der Waals surface area contributed by atoms with Gasteiger partial charge < -0.3 is 9.84 Å². The second-order valence-electron chi connectivity index (χ2n) is 11.1. The molecule has 188 valence electrons. The van der Waals surface area contributed by atoms with Crippen LogP contribution in [0.15, 0.2) is 58.7 Å². The number of Topliss-reactive ketones (excluding diaryl/α,β-unsaturated/α-hetero) is 1. The molecule has 4 atom stereocenters. The van der Waals surface area contributed by atoms with Crippen molar-refractivity contribution >= 4 is 23.4 Å². The van der Waals surface area contributed by atoms with Crippen LogP contribution in [0.4, 0.5) is 0 Å². The van der Waals surface area contributed by atoms with E-state index in [1.165, 1.54) is 11.0 Å². The number of ketones is 2. The maximum atomic E-state index is 13.7. The molecule has 5 rings (SSSR count). The van der Waals surface area contributed by atoms with Crippen LogP contribution in [0, 0.1) is 17.8 Å². The zero-order valence-electron chi connectivity index (χ0n) is 21.0. The molecule has 1 heterocycles. The molecule has 3 aliphatic carbocycles. The average Bonchev–Trinajstić information content (AvgIpc) is 3.10. The van der Waals surface area contributed by atoms with Gasteiger partial charge in [-0.25, -0.2) is 0 Å². The number of carbonyl (C=O) groups is 4. The zero-order chi connectivity index (χ0) is 25.9. The van der Waals surface area contributed by atoms with E-state index in [0.717, 1.165) is 11.1 Å². The third-order valence-corrected chi connectivity index (χ3v) is 7.81. The number of hydrogen-bond acceptors (Lipinski definition) is 6.